The molecule has 20 heteroatoms. The molecule has 2 N–H and O–H groups in total. The minimum absolute atomic E-state index is 0.00798. The molecule has 1 amide bonds. The quantitative estimate of drug-likeness (QED) is 0.0640. The van der Waals surface area contributed by atoms with Gasteiger partial charge in [0, 0.05) is 30.6 Å². The predicted molar refractivity (Wildman–Crippen MR) is 182 cm³/mol. The van der Waals surface area contributed by atoms with Crippen molar-refractivity contribution in [3.63, 3.8) is 0 Å². The number of pyridine rings is 2. The van der Waals surface area contributed by atoms with Gasteiger partial charge in [0.2, 0.25) is 0 Å². The van der Waals surface area contributed by atoms with Crippen LogP contribution in [0.2, 0.25) is 10.0 Å². The van der Waals surface area contributed by atoms with Gasteiger partial charge >= 0.3 is 18.1 Å². The number of aromatic nitrogens is 2. The molecule has 2 aromatic carbocycles. The van der Waals surface area contributed by atoms with Crippen LogP contribution < -0.4 is 29.6 Å². The van der Waals surface area contributed by atoms with E-state index in [4.69, 9.17) is 51.6 Å². The van der Waals surface area contributed by atoms with E-state index < -0.39 is 65.9 Å². The van der Waals surface area contributed by atoms with Gasteiger partial charge in [0.25, 0.3) is 17.7 Å². The number of carbonyl (C=O) groups is 3. The predicted octanol–water partition coefficient (Wildman–Crippen LogP) is 8.03. The number of rotatable bonds is 16. The molecule has 286 valence electrons. The molecule has 0 saturated carbocycles. The first-order chi connectivity index (χ1) is 25.7. The van der Waals surface area contributed by atoms with Gasteiger partial charge in [-0.1, -0.05) is 23.2 Å². The van der Waals surface area contributed by atoms with Crippen molar-refractivity contribution in [1.82, 2.24) is 9.97 Å². The number of esters is 2. The molecule has 4 rings (SSSR count). The lowest BCUT2D eigenvalue weighted by molar-refractivity contribution is -0.146. The van der Waals surface area contributed by atoms with Gasteiger partial charge in [0.05, 0.1) is 34.6 Å². The van der Waals surface area contributed by atoms with Crippen LogP contribution in [0.3, 0.4) is 0 Å². The van der Waals surface area contributed by atoms with E-state index in [1.165, 1.54) is 36.7 Å². The Balaban J connectivity index is 1.55. The molecule has 0 aliphatic heterocycles. The van der Waals surface area contributed by atoms with Gasteiger partial charge in [-0.05, 0) is 50.2 Å². The van der Waals surface area contributed by atoms with Gasteiger partial charge in [-0.15, -0.1) is 0 Å². The van der Waals surface area contributed by atoms with E-state index in [0.29, 0.717) is 6.07 Å². The Hall–Kier alpha value is -5.88. The van der Waals surface area contributed by atoms with E-state index in [0.717, 1.165) is 18.2 Å². The Morgan fingerprint density at radius 2 is 1.17 bits per heavy atom. The lowest BCUT2D eigenvalue weighted by Crippen LogP contribution is -2.23. The highest BCUT2D eigenvalue weighted by atomic mass is 35.5. The Morgan fingerprint density at radius 3 is 1.59 bits per heavy atom. The average molecular weight is 802 g/mol. The third kappa shape index (κ3) is 11.6. The second-order valence-corrected chi connectivity index (χ2v) is 11.0. The highest BCUT2D eigenvalue weighted by Gasteiger charge is 2.35. The number of hydrogen-bond acceptors (Lipinski definition) is 12. The SMILES string of the molecule is CCOC(=O)COc1ncccc1Oc1cc(NC(=O)C=C(Nc2cc(Oc3cccnc3OCC(=O)OCC)c(Cl)cc2F)C(F)(F)F)c(F)cc1Cl. The van der Waals surface area contributed by atoms with Crippen LogP contribution in [-0.2, 0) is 23.9 Å². The van der Waals surface area contributed by atoms with Crippen molar-refractivity contribution in [3.8, 4) is 34.8 Å². The summed E-state index contributed by atoms with van der Waals surface area (Å²) in [6.45, 7) is 2.28. The van der Waals surface area contributed by atoms with Gasteiger partial charge in [-0.2, -0.15) is 13.2 Å². The van der Waals surface area contributed by atoms with Crippen molar-refractivity contribution < 1.29 is 64.8 Å². The van der Waals surface area contributed by atoms with Crippen LogP contribution in [0.1, 0.15) is 13.8 Å². The molecular formula is C34H27Cl2F5N4O9. The first-order valence-corrected chi connectivity index (χ1v) is 16.1. The maximum atomic E-state index is 14.9. The van der Waals surface area contributed by atoms with E-state index >= 15 is 0 Å². The molecular weight excluding hydrogens is 774 g/mol. The Kier molecular flexibility index (Phi) is 14.2. The molecule has 2 aromatic heterocycles. The number of nitrogens with one attached hydrogen (secondary N) is 2. The summed E-state index contributed by atoms with van der Waals surface area (Å²) in [6, 6.07) is 8.52. The summed E-state index contributed by atoms with van der Waals surface area (Å²) < 4.78 is 104. The van der Waals surface area contributed by atoms with Crippen LogP contribution in [0, 0.1) is 11.6 Å². The molecule has 0 spiro atoms. The molecule has 2 heterocycles. The number of hydrogen-bond donors (Lipinski definition) is 2. The third-order valence-corrected chi connectivity index (χ3v) is 6.92. The van der Waals surface area contributed by atoms with E-state index in [-0.39, 0.29) is 64.1 Å². The molecule has 0 aliphatic rings. The molecule has 4 aromatic rings. The lowest BCUT2D eigenvalue weighted by Gasteiger charge is -2.17. The van der Waals surface area contributed by atoms with Crippen molar-refractivity contribution in [2.45, 2.75) is 20.0 Å². The summed E-state index contributed by atoms with van der Waals surface area (Å²) in [5, 5.41) is 3.04. The molecule has 0 aliphatic carbocycles. The summed E-state index contributed by atoms with van der Waals surface area (Å²) in [6.07, 6.45) is -2.66. The van der Waals surface area contributed by atoms with E-state index in [9.17, 15) is 36.3 Å². The monoisotopic (exact) mass is 800 g/mol. The number of allylic oxidation sites excluding steroid dienone is 1. The van der Waals surface area contributed by atoms with Crippen LogP contribution in [0.4, 0.5) is 33.3 Å². The summed E-state index contributed by atoms with van der Waals surface area (Å²) in [4.78, 5) is 44.1. The first-order valence-electron chi connectivity index (χ1n) is 15.4. The van der Waals surface area contributed by atoms with Crippen molar-refractivity contribution in [2.24, 2.45) is 0 Å². The highest BCUT2D eigenvalue weighted by molar-refractivity contribution is 6.32. The minimum Gasteiger partial charge on any atom is -0.463 e. The number of nitrogens with zero attached hydrogens (tertiary/aromatic N) is 2. The number of halogens is 7. The second-order valence-electron chi connectivity index (χ2n) is 10.2. The molecule has 0 unspecified atom stereocenters. The largest absolute Gasteiger partial charge is 0.463 e. The standard InChI is InChI=1S/C34H27Cl2F5N4O9/c1-3-49-30(47)16-51-32-24(7-5-9-42-32)53-26-13-22(20(37)11-18(26)35)44-28(34(39,40)41)15-29(46)45-23-14-27(19(36)12-21(23)38)54-25-8-6-10-43-33(25)52-17-31(48)50-4-2/h5-15,44H,3-4,16-17H2,1-2H3,(H,45,46). The van der Waals surface area contributed by atoms with Gasteiger partial charge < -0.3 is 39.1 Å². The Bertz CT molecular complexity index is 2040. The molecule has 0 bridgehead atoms. The van der Waals surface area contributed by atoms with E-state index in [1.807, 2.05) is 5.32 Å². The number of anilines is 2. The van der Waals surface area contributed by atoms with E-state index in [2.05, 4.69) is 9.97 Å². The van der Waals surface area contributed by atoms with Crippen LogP contribution in [0.5, 0.6) is 34.8 Å². The summed E-state index contributed by atoms with van der Waals surface area (Å²) in [5.41, 5.74) is -3.29. The fourth-order valence-electron chi connectivity index (χ4n) is 4.06. The molecule has 0 fully saturated rings. The summed E-state index contributed by atoms with van der Waals surface area (Å²) in [5.74, 6) is -6.70. The molecule has 54 heavy (non-hydrogen) atoms. The van der Waals surface area contributed by atoms with Crippen LogP contribution in [0.15, 0.2) is 72.7 Å². The Morgan fingerprint density at radius 1 is 0.722 bits per heavy atom. The zero-order valence-corrected chi connectivity index (χ0v) is 29.4. The molecule has 0 radical (unpaired) electrons. The number of alkyl halides is 3. The van der Waals surface area contributed by atoms with Gasteiger partial charge in [0.15, 0.2) is 24.7 Å². The maximum Gasteiger partial charge on any atom is 0.431 e. The maximum absolute atomic E-state index is 14.9. The van der Waals surface area contributed by atoms with Crippen LogP contribution in [0.25, 0.3) is 0 Å². The highest BCUT2D eigenvalue weighted by Crippen LogP contribution is 2.39. The van der Waals surface area contributed by atoms with Crippen LogP contribution >= 0.6 is 23.2 Å². The van der Waals surface area contributed by atoms with Crippen molar-refractivity contribution in [3.05, 3.63) is 94.4 Å². The third-order valence-electron chi connectivity index (χ3n) is 6.33. The number of benzene rings is 2. The van der Waals surface area contributed by atoms with E-state index in [1.54, 1.807) is 19.2 Å². The number of amides is 1. The summed E-state index contributed by atoms with van der Waals surface area (Å²) >= 11 is 12.2. The van der Waals surface area contributed by atoms with Crippen molar-refractivity contribution in [1.29, 1.82) is 0 Å². The smallest absolute Gasteiger partial charge is 0.431 e. The molecule has 13 nitrogen and oxygen atoms in total. The summed E-state index contributed by atoms with van der Waals surface area (Å²) in [7, 11) is 0. The number of carbonyl (C=O) groups excluding carboxylic acids is 3. The first kappa shape index (κ1) is 40.9. The topological polar surface area (TPSA) is 156 Å². The minimum atomic E-state index is -5.28. The van der Waals surface area contributed by atoms with Gasteiger partial charge in [0.1, 0.15) is 28.8 Å². The zero-order valence-electron chi connectivity index (χ0n) is 27.9. The van der Waals surface area contributed by atoms with Crippen molar-refractivity contribution >= 4 is 52.4 Å². The lowest BCUT2D eigenvalue weighted by atomic mass is 10.2. The van der Waals surface area contributed by atoms with Gasteiger partial charge in [-0.3, -0.25) is 4.79 Å². The van der Waals surface area contributed by atoms with Crippen LogP contribution in [-0.4, -0.2) is 60.4 Å². The fourth-order valence-corrected chi connectivity index (χ4v) is 4.44. The normalized spacial score (nSPS) is 11.3. The Labute approximate surface area is 312 Å². The second kappa shape index (κ2) is 18.7. The number of ether oxygens (including phenoxy) is 6. The average Bonchev–Trinajstić information content (AvgIpc) is 3.11. The van der Waals surface area contributed by atoms with Crippen molar-refractivity contribution in [2.75, 3.05) is 37.1 Å². The molecule has 0 atom stereocenters. The fraction of sp³-hybridized carbons (Fsp3) is 0.206. The van der Waals surface area contributed by atoms with Gasteiger partial charge in [-0.25, -0.2) is 28.3 Å². The zero-order chi connectivity index (χ0) is 39.4. The molecule has 0 saturated heterocycles.